The van der Waals surface area contributed by atoms with Gasteiger partial charge in [0.15, 0.2) is 0 Å². The maximum Gasteiger partial charge on any atom is 0.216 e. The quantitative estimate of drug-likeness (QED) is 0.782. The van der Waals surface area contributed by atoms with E-state index in [2.05, 4.69) is 52.7 Å². The molecule has 0 saturated carbocycles. The number of carbonyl (C=O) groups is 1. The molecule has 18 heavy (non-hydrogen) atoms. The van der Waals surface area contributed by atoms with Gasteiger partial charge in [0.25, 0.3) is 0 Å². The number of rotatable bonds is 5. The van der Waals surface area contributed by atoms with Crippen LogP contribution >= 0.6 is 0 Å². The van der Waals surface area contributed by atoms with Crippen LogP contribution < -0.4 is 10.6 Å². The molecule has 4 heteroatoms. The van der Waals surface area contributed by atoms with Gasteiger partial charge in [-0.05, 0) is 11.6 Å². The molecule has 0 spiro atoms. The van der Waals surface area contributed by atoms with Crippen LogP contribution in [0, 0.1) is 0 Å². The zero-order chi connectivity index (χ0) is 13.0. The van der Waals surface area contributed by atoms with Crippen molar-refractivity contribution in [2.45, 2.75) is 13.5 Å². The van der Waals surface area contributed by atoms with Gasteiger partial charge in [-0.25, -0.2) is 0 Å². The van der Waals surface area contributed by atoms with Crippen molar-refractivity contribution in [3.8, 4) is 0 Å². The fraction of sp³-hybridized carbons (Fsp3) is 0.357. The molecule has 0 fully saturated rings. The number of nitrogens with zero attached hydrogens (tertiary/aromatic N) is 1. The molecule has 0 radical (unpaired) electrons. The van der Waals surface area contributed by atoms with Gasteiger partial charge in [-0.2, -0.15) is 0 Å². The van der Waals surface area contributed by atoms with Crippen molar-refractivity contribution >= 4 is 16.8 Å². The van der Waals surface area contributed by atoms with E-state index in [4.69, 9.17) is 0 Å². The highest BCUT2D eigenvalue weighted by Gasteiger charge is 2.04. The summed E-state index contributed by atoms with van der Waals surface area (Å²) in [6, 6.07) is 8.37. The molecule has 1 amide bonds. The zero-order valence-corrected chi connectivity index (χ0v) is 10.9. The highest BCUT2D eigenvalue weighted by molar-refractivity contribution is 5.83. The lowest BCUT2D eigenvalue weighted by atomic mass is 10.2. The second kappa shape index (κ2) is 5.69. The zero-order valence-electron chi connectivity index (χ0n) is 10.9. The number of hydrogen-bond acceptors (Lipinski definition) is 2. The van der Waals surface area contributed by atoms with Gasteiger partial charge in [0.1, 0.15) is 0 Å². The fourth-order valence-electron chi connectivity index (χ4n) is 2.12. The van der Waals surface area contributed by atoms with Crippen molar-refractivity contribution in [2.24, 2.45) is 7.05 Å². The van der Waals surface area contributed by atoms with E-state index in [1.54, 1.807) is 0 Å². The number of benzene rings is 1. The Labute approximate surface area is 107 Å². The normalized spacial score (nSPS) is 10.8. The van der Waals surface area contributed by atoms with Crippen LogP contribution in [-0.4, -0.2) is 23.6 Å². The molecule has 1 aromatic carbocycles. The SMILES string of the molecule is CC(=O)NCCNCc1cn(C)c2ccccc12. The predicted octanol–water partition coefficient (Wildman–Crippen LogP) is 1.40. The van der Waals surface area contributed by atoms with Gasteiger partial charge in [0, 0.05) is 50.7 Å². The van der Waals surface area contributed by atoms with Gasteiger partial charge in [-0.3, -0.25) is 4.79 Å². The second-order valence-electron chi connectivity index (χ2n) is 4.44. The van der Waals surface area contributed by atoms with E-state index in [9.17, 15) is 4.79 Å². The van der Waals surface area contributed by atoms with Crippen molar-refractivity contribution in [3.63, 3.8) is 0 Å². The first kappa shape index (κ1) is 12.6. The third-order valence-corrected chi connectivity index (χ3v) is 2.97. The molecular weight excluding hydrogens is 226 g/mol. The number of fused-ring (bicyclic) bond motifs is 1. The Morgan fingerprint density at radius 1 is 1.28 bits per heavy atom. The average molecular weight is 245 g/mol. The molecule has 96 valence electrons. The van der Waals surface area contributed by atoms with Gasteiger partial charge in [0.05, 0.1) is 0 Å². The van der Waals surface area contributed by atoms with Gasteiger partial charge >= 0.3 is 0 Å². The topological polar surface area (TPSA) is 46.1 Å². The minimum Gasteiger partial charge on any atom is -0.355 e. The summed E-state index contributed by atoms with van der Waals surface area (Å²) in [7, 11) is 2.06. The van der Waals surface area contributed by atoms with Crippen molar-refractivity contribution in [2.75, 3.05) is 13.1 Å². The Bertz CT molecular complexity index is 545. The molecule has 0 atom stereocenters. The maximum atomic E-state index is 10.7. The number of aromatic nitrogens is 1. The van der Waals surface area contributed by atoms with Crippen molar-refractivity contribution in [1.29, 1.82) is 0 Å². The van der Waals surface area contributed by atoms with E-state index >= 15 is 0 Å². The van der Waals surface area contributed by atoms with Crippen LogP contribution in [0.25, 0.3) is 10.9 Å². The minimum absolute atomic E-state index is 0.0157. The molecule has 0 aliphatic rings. The molecule has 1 aromatic heterocycles. The van der Waals surface area contributed by atoms with Crippen molar-refractivity contribution < 1.29 is 4.79 Å². The number of carbonyl (C=O) groups excluding carboxylic acids is 1. The fourth-order valence-corrected chi connectivity index (χ4v) is 2.12. The van der Waals surface area contributed by atoms with Gasteiger partial charge < -0.3 is 15.2 Å². The summed E-state index contributed by atoms with van der Waals surface area (Å²) in [6.45, 7) is 3.80. The largest absolute Gasteiger partial charge is 0.355 e. The Hall–Kier alpha value is -1.81. The molecule has 2 N–H and O–H groups in total. The molecule has 2 rings (SSSR count). The van der Waals surface area contributed by atoms with E-state index in [1.165, 1.54) is 23.4 Å². The highest BCUT2D eigenvalue weighted by Crippen LogP contribution is 2.19. The molecule has 0 aliphatic heterocycles. The molecule has 4 nitrogen and oxygen atoms in total. The van der Waals surface area contributed by atoms with Crippen LogP contribution in [-0.2, 0) is 18.4 Å². The molecule has 0 aliphatic carbocycles. The number of hydrogen-bond donors (Lipinski definition) is 2. The summed E-state index contributed by atoms with van der Waals surface area (Å²) in [4.78, 5) is 10.7. The lowest BCUT2D eigenvalue weighted by Gasteiger charge is -2.04. The number of aryl methyl sites for hydroxylation is 1. The molecule has 0 unspecified atom stereocenters. The Balaban J connectivity index is 1.94. The lowest BCUT2D eigenvalue weighted by molar-refractivity contribution is -0.118. The minimum atomic E-state index is 0.0157. The lowest BCUT2D eigenvalue weighted by Crippen LogP contribution is -2.29. The third kappa shape index (κ3) is 2.90. The molecule has 1 heterocycles. The van der Waals surface area contributed by atoms with E-state index in [0.717, 1.165) is 13.1 Å². The Morgan fingerprint density at radius 3 is 2.83 bits per heavy atom. The van der Waals surface area contributed by atoms with Gasteiger partial charge in [-0.1, -0.05) is 18.2 Å². The first-order valence-corrected chi connectivity index (χ1v) is 6.16. The van der Waals surface area contributed by atoms with Gasteiger partial charge in [-0.15, -0.1) is 0 Å². The molecule has 0 saturated heterocycles. The Morgan fingerprint density at radius 2 is 2.06 bits per heavy atom. The van der Waals surface area contributed by atoms with Gasteiger partial charge in [0.2, 0.25) is 5.91 Å². The first-order valence-electron chi connectivity index (χ1n) is 6.16. The summed E-state index contributed by atoms with van der Waals surface area (Å²) >= 11 is 0. The summed E-state index contributed by atoms with van der Waals surface area (Å²) in [5, 5.41) is 7.39. The van der Waals surface area contributed by atoms with Crippen LogP contribution in [0.15, 0.2) is 30.5 Å². The van der Waals surface area contributed by atoms with E-state index < -0.39 is 0 Å². The maximum absolute atomic E-state index is 10.7. The van der Waals surface area contributed by atoms with Crippen LogP contribution in [0.2, 0.25) is 0 Å². The highest BCUT2D eigenvalue weighted by atomic mass is 16.1. The second-order valence-corrected chi connectivity index (χ2v) is 4.44. The standard InChI is InChI=1S/C14H19N3O/c1-11(18)16-8-7-15-9-12-10-17(2)14-6-4-3-5-13(12)14/h3-6,10,15H,7-9H2,1-2H3,(H,16,18). The summed E-state index contributed by atoms with van der Waals surface area (Å²) in [5.74, 6) is 0.0157. The van der Waals surface area contributed by atoms with Crippen molar-refractivity contribution in [3.05, 3.63) is 36.0 Å². The predicted molar refractivity (Wildman–Crippen MR) is 73.3 cm³/mol. The average Bonchev–Trinajstić information content (AvgIpc) is 2.66. The van der Waals surface area contributed by atoms with Crippen LogP contribution in [0.5, 0.6) is 0 Å². The molecule has 2 aromatic rings. The van der Waals surface area contributed by atoms with E-state index in [0.29, 0.717) is 6.54 Å². The first-order chi connectivity index (χ1) is 8.68. The summed E-state index contributed by atoms with van der Waals surface area (Å²) < 4.78 is 2.14. The monoisotopic (exact) mass is 245 g/mol. The molecule has 0 bridgehead atoms. The van der Waals surface area contributed by atoms with E-state index in [1.807, 2.05) is 0 Å². The number of amides is 1. The van der Waals surface area contributed by atoms with Crippen LogP contribution in [0.4, 0.5) is 0 Å². The number of nitrogens with one attached hydrogen (secondary N) is 2. The summed E-state index contributed by atoms with van der Waals surface area (Å²) in [6.07, 6.45) is 2.15. The van der Waals surface area contributed by atoms with Crippen molar-refractivity contribution in [1.82, 2.24) is 15.2 Å². The molecular formula is C14H19N3O. The third-order valence-electron chi connectivity index (χ3n) is 2.97. The smallest absolute Gasteiger partial charge is 0.216 e. The summed E-state index contributed by atoms with van der Waals surface area (Å²) in [5.41, 5.74) is 2.53. The van der Waals surface area contributed by atoms with Crippen LogP contribution in [0.3, 0.4) is 0 Å². The van der Waals surface area contributed by atoms with Crippen LogP contribution in [0.1, 0.15) is 12.5 Å². The van der Waals surface area contributed by atoms with E-state index in [-0.39, 0.29) is 5.91 Å². The number of para-hydroxylation sites is 1. The Kier molecular flexibility index (Phi) is 3.99.